The molecule has 0 fully saturated rings. The number of anilines is 3. The SMILES string of the molecule is Clc1cccc(N(c2ccc(-n3c4ccccc4c4ccccc43)cc2)c2ccccc2-c2ccccc2)c1. The summed E-state index contributed by atoms with van der Waals surface area (Å²) >= 11 is 6.49. The summed E-state index contributed by atoms with van der Waals surface area (Å²) in [4.78, 5) is 2.28. The Hall–Kier alpha value is -4.79. The predicted octanol–water partition coefficient (Wildman–Crippen LogP) is 10.6. The van der Waals surface area contributed by atoms with E-state index >= 15 is 0 Å². The van der Waals surface area contributed by atoms with Crippen LogP contribution in [-0.2, 0) is 0 Å². The van der Waals surface area contributed by atoms with Crippen molar-refractivity contribution in [2.75, 3.05) is 4.90 Å². The van der Waals surface area contributed by atoms with Crippen LogP contribution < -0.4 is 4.90 Å². The van der Waals surface area contributed by atoms with E-state index in [2.05, 4.69) is 137 Å². The van der Waals surface area contributed by atoms with Gasteiger partial charge >= 0.3 is 0 Å². The lowest BCUT2D eigenvalue weighted by Crippen LogP contribution is -2.11. The van der Waals surface area contributed by atoms with Crippen LogP contribution >= 0.6 is 11.6 Å². The molecule has 0 unspecified atom stereocenters. The monoisotopic (exact) mass is 520 g/mol. The Kier molecular flexibility index (Phi) is 5.88. The molecule has 1 aromatic heterocycles. The molecule has 0 saturated heterocycles. The molecule has 0 N–H and O–H groups in total. The maximum Gasteiger partial charge on any atom is 0.0541 e. The largest absolute Gasteiger partial charge is 0.310 e. The number of hydrogen-bond donors (Lipinski definition) is 0. The number of nitrogens with zero attached hydrogens (tertiary/aromatic N) is 2. The van der Waals surface area contributed by atoms with Gasteiger partial charge in [0.25, 0.3) is 0 Å². The number of halogens is 1. The van der Waals surface area contributed by atoms with Crippen molar-refractivity contribution in [2.45, 2.75) is 0 Å². The maximum absolute atomic E-state index is 6.49. The lowest BCUT2D eigenvalue weighted by atomic mass is 10.0. The molecule has 1 heterocycles. The van der Waals surface area contributed by atoms with E-state index in [4.69, 9.17) is 11.6 Å². The minimum Gasteiger partial charge on any atom is -0.310 e. The number of fused-ring (bicyclic) bond motifs is 3. The average Bonchev–Trinajstić information content (AvgIpc) is 3.33. The predicted molar refractivity (Wildman–Crippen MR) is 166 cm³/mol. The van der Waals surface area contributed by atoms with Crippen molar-refractivity contribution in [1.82, 2.24) is 4.57 Å². The summed E-state index contributed by atoms with van der Waals surface area (Å²) in [6.07, 6.45) is 0. The molecule has 3 heteroatoms. The third kappa shape index (κ3) is 4.16. The summed E-state index contributed by atoms with van der Waals surface area (Å²) < 4.78 is 2.34. The van der Waals surface area contributed by atoms with Crippen molar-refractivity contribution >= 4 is 50.5 Å². The van der Waals surface area contributed by atoms with Gasteiger partial charge in [-0.1, -0.05) is 103 Å². The zero-order valence-electron chi connectivity index (χ0n) is 21.2. The Labute approximate surface area is 233 Å². The van der Waals surface area contributed by atoms with Gasteiger partial charge in [-0.2, -0.15) is 0 Å². The highest BCUT2D eigenvalue weighted by molar-refractivity contribution is 6.30. The van der Waals surface area contributed by atoms with E-state index in [-0.39, 0.29) is 0 Å². The van der Waals surface area contributed by atoms with Crippen LogP contribution in [0.4, 0.5) is 17.1 Å². The fraction of sp³-hybridized carbons (Fsp3) is 0. The lowest BCUT2D eigenvalue weighted by Gasteiger charge is -2.28. The van der Waals surface area contributed by atoms with Crippen LogP contribution in [0.25, 0.3) is 38.6 Å². The molecule has 0 saturated carbocycles. The van der Waals surface area contributed by atoms with E-state index in [1.807, 2.05) is 24.3 Å². The first-order valence-corrected chi connectivity index (χ1v) is 13.4. The number of benzene rings is 6. The molecular weight excluding hydrogens is 496 g/mol. The molecule has 2 nitrogen and oxygen atoms in total. The van der Waals surface area contributed by atoms with E-state index in [9.17, 15) is 0 Å². The number of para-hydroxylation sites is 3. The summed E-state index contributed by atoms with van der Waals surface area (Å²) in [7, 11) is 0. The van der Waals surface area contributed by atoms with Crippen LogP contribution in [0.1, 0.15) is 0 Å². The number of hydrogen-bond acceptors (Lipinski definition) is 1. The van der Waals surface area contributed by atoms with Gasteiger partial charge in [0.15, 0.2) is 0 Å². The van der Waals surface area contributed by atoms with Crippen LogP contribution in [0.15, 0.2) is 152 Å². The van der Waals surface area contributed by atoms with Crippen LogP contribution in [0.3, 0.4) is 0 Å². The average molecular weight is 521 g/mol. The Bertz CT molecular complexity index is 1870. The minimum atomic E-state index is 0.705. The van der Waals surface area contributed by atoms with Crippen LogP contribution in [0, 0.1) is 0 Å². The van der Waals surface area contributed by atoms with Gasteiger partial charge in [0, 0.05) is 38.4 Å². The van der Waals surface area contributed by atoms with Crippen molar-refractivity contribution in [3.8, 4) is 16.8 Å². The fourth-order valence-electron chi connectivity index (χ4n) is 5.52. The number of rotatable bonds is 5. The quantitative estimate of drug-likeness (QED) is 0.219. The summed E-state index contributed by atoms with van der Waals surface area (Å²) in [5, 5.41) is 3.22. The molecule has 0 spiro atoms. The third-order valence-corrected chi connectivity index (χ3v) is 7.48. The van der Waals surface area contributed by atoms with E-state index in [1.165, 1.54) is 27.4 Å². The summed E-state index contributed by atoms with van der Waals surface area (Å²) in [6, 6.07) is 53.1. The highest BCUT2D eigenvalue weighted by Gasteiger charge is 2.18. The van der Waals surface area contributed by atoms with Crippen molar-refractivity contribution in [3.05, 3.63) is 157 Å². The van der Waals surface area contributed by atoms with Gasteiger partial charge in [-0.25, -0.2) is 0 Å². The molecule has 0 radical (unpaired) electrons. The van der Waals surface area contributed by atoms with Crippen LogP contribution in [0.5, 0.6) is 0 Å². The van der Waals surface area contributed by atoms with Crippen LogP contribution in [-0.4, -0.2) is 4.57 Å². The first-order valence-electron chi connectivity index (χ1n) is 13.1. The third-order valence-electron chi connectivity index (χ3n) is 7.24. The first-order chi connectivity index (χ1) is 19.3. The minimum absolute atomic E-state index is 0.705. The fourth-order valence-corrected chi connectivity index (χ4v) is 5.71. The molecule has 7 aromatic rings. The number of aromatic nitrogens is 1. The van der Waals surface area contributed by atoms with Crippen molar-refractivity contribution in [3.63, 3.8) is 0 Å². The summed E-state index contributed by atoms with van der Waals surface area (Å²) in [6.45, 7) is 0. The molecule has 0 atom stereocenters. The van der Waals surface area contributed by atoms with Crippen molar-refractivity contribution in [2.24, 2.45) is 0 Å². The molecule has 39 heavy (non-hydrogen) atoms. The Morgan fingerprint density at radius 3 is 1.79 bits per heavy atom. The van der Waals surface area contributed by atoms with Gasteiger partial charge in [0.05, 0.1) is 16.7 Å². The first kappa shape index (κ1) is 23.3. The highest BCUT2D eigenvalue weighted by Crippen LogP contribution is 2.42. The van der Waals surface area contributed by atoms with E-state index in [0.29, 0.717) is 5.02 Å². The smallest absolute Gasteiger partial charge is 0.0541 e. The topological polar surface area (TPSA) is 8.17 Å². The Balaban J connectivity index is 1.40. The molecule has 0 aliphatic rings. The van der Waals surface area contributed by atoms with E-state index < -0.39 is 0 Å². The molecule has 186 valence electrons. The second kappa shape index (κ2) is 9.83. The van der Waals surface area contributed by atoms with Gasteiger partial charge < -0.3 is 9.47 Å². The second-order valence-electron chi connectivity index (χ2n) is 9.58. The Morgan fingerprint density at radius 1 is 0.487 bits per heavy atom. The Morgan fingerprint density at radius 2 is 1.10 bits per heavy atom. The second-order valence-corrected chi connectivity index (χ2v) is 10.0. The maximum atomic E-state index is 6.49. The molecule has 6 aromatic carbocycles. The molecular formula is C36H25ClN2. The van der Waals surface area contributed by atoms with E-state index in [1.54, 1.807) is 0 Å². The normalized spacial score (nSPS) is 11.2. The zero-order chi connectivity index (χ0) is 26.2. The molecule has 0 bridgehead atoms. The van der Waals surface area contributed by atoms with Gasteiger partial charge in [-0.15, -0.1) is 0 Å². The van der Waals surface area contributed by atoms with Gasteiger partial charge in [0.1, 0.15) is 0 Å². The van der Waals surface area contributed by atoms with Crippen molar-refractivity contribution in [1.29, 1.82) is 0 Å². The van der Waals surface area contributed by atoms with Gasteiger partial charge in [-0.3, -0.25) is 0 Å². The lowest BCUT2D eigenvalue weighted by molar-refractivity contribution is 1.17. The zero-order valence-corrected chi connectivity index (χ0v) is 22.0. The van der Waals surface area contributed by atoms with E-state index in [0.717, 1.165) is 28.3 Å². The van der Waals surface area contributed by atoms with Crippen molar-refractivity contribution < 1.29 is 0 Å². The molecule has 0 amide bonds. The summed E-state index contributed by atoms with van der Waals surface area (Å²) in [5.74, 6) is 0. The summed E-state index contributed by atoms with van der Waals surface area (Å²) in [5.41, 5.74) is 9.02. The van der Waals surface area contributed by atoms with Crippen LogP contribution in [0.2, 0.25) is 5.02 Å². The molecule has 0 aliphatic heterocycles. The van der Waals surface area contributed by atoms with Gasteiger partial charge in [-0.05, 0) is 66.2 Å². The molecule has 7 rings (SSSR count). The highest BCUT2D eigenvalue weighted by atomic mass is 35.5. The standard InChI is InChI=1S/C36H25ClN2/c37-27-13-10-14-30(25-27)38(34-18-7-4-15-31(34)26-11-2-1-3-12-26)28-21-23-29(24-22-28)39-35-19-8-5-16-32(35)33-17-6-9-20-36(33)39/h1-25H. The van der Waals surface area contributed by atoms with Gasteiger partial charge in [0.2, 0.25) is 0 Å². The molecule has 0 aliphatic carbocycles.